The number of nitrogens with two attached hydrogens (primary N) is 1. The van der Waals surface area contributed by atoms with Crippen molar-refractivity contribution in [3.63, 3.8) is 0 Å². The average Bonchev–Trinajstić information content (AvgIpc) is 2.17. The van der Waals surface area contributed by atoms with E-state index < -0.39 is 0 Å². The third kappa shape index (κ3) is 2.02. The number of hydrogen-bond acceptors (Lipinski definition) is 4. The Labute approximate surface area is 81.6 Å². The highest BCUT2D eigenvalue weighted by Crippen LogP contribution is 2.28. The highest BCUT2D eigenvalue weighted by Gasteiger charge is 2.09. The maximum absolute atomic E-state index is 5.83. The van der Waals surface area contributed by atoms with Crippen LogP contribution in [0.2, 0.25) is 5.02 Å². The summed E-state index contributed by atoms with van der Waals surface area (Å²) in [4.78, 5) is 4.08. The molecule has 13 heavy (non-hydrogen) atoms. The largest absolute Gasteiger partial charge is 0.495 e. The van der Waals surface area contributed by atoms with Gasteiger partial charge in [-0.3, -0.25) is 0 Å². The molecule has 0 aromatic carbocycles. The van der Waals surface area contributed by atoms with Crippen molar-refractivity contribution in [3.8, 4) is 11.6 Å². The fraction of sp³-hybridized carbons (Fsp3) is 0.375. The minimum Gasteiger partial charge on any atom is -0.495 e. The smallest absolute Gasteiger partial charge is 0.232 e. The molecule has 0 saturated carbocycles. The topological polar surface area (TPSA) is 57.4 Å². The number of aromatic nitrogens is 1. The summed E-state index contributed by atoms with van der Waals surface area (Å²) in [6.45, 7) is 0.288. The van der Waals surface area contributed by atoms with Gasteiger partial charge >= 0.3 is 0 Å². The molecule has 4 nitrogen and oxygen atoms in total. The molecule has 0 spiro atoms. The van der Waals surface area contributed by atoms with Crippen LogP contribution in [0.3, 0.4) is 0 Å². The summed E-state index contributed by atoms with van der Waals surface area (Å²) in [7, 11) is 3.04. The average molecular weight is 203 g/mol. The van der Waals surface area contributed by atoms with Crippen LogP contribution in [0.25, 0.3) is 0 Å². The Hall–Kier alpha value is -1.00. The first kappa shape index (κ1) is 10.1. The van der Waals surface area contributed by atoms with Crippen LogP contribution in [-0.2, 0) is 6.54 Å². The zero-order chi connectivity index (χ0) is 9.84. The minimum atomic E-state index is 0.288. The third-order valence-corrected chi connectivity index (χ3v) is 1.86. The van der Waals surface area contributed by atoms with E-state index in [2.05, 4.69) is 4.98 Å². The molecule has 0 aliphatic heterocycles. The van der Waals surface area contributed by atoms with Gasteiger partial charge in [0.15, 0.2) is 0 Å². The van der Waals surface area contributed by atoms with Crippen molar-refractivity contribution in [3.05, 3.63) is 16.8 Å². The second-order valence-corrected chi connectivity index (χ2v) is 2.74. The van der Waals surface area contributed by atoms with E-state index >= 15 is 0 Å². The fourth-order valence-electron chi connectivity index (χ4n) is 0.957. The van der Waals surface area contributed by atoms with E-state index in [9.17, 15) is 0 Å². The SMILES string of the molecule is COc1cc(Cl)c(OC)nc1CN. The summed E-state index contributed by atoms with van der Waals surface area (Å²) >= 11 is 5.83. The van der Waals surface area contributed by atoms with Gasteiger partial charge in [0, 0.05) is 12.6 Å². The fourth-order valence-corrected chi connectivity index (χ4v) is 1.18. The number of hydrogen-bond donors (Lipinski definition) is 1. The van der Waals surface area contributed by atoms with Crippen LogP contribution >= 0.6 is 11.6 Å². The van der Waals surface area contributed by atoms with Crippen LogP contribution in [0.4, 0.5) is 0 Å². The van der Waals surface area contributed by atoms with Crippen LogP contribution in [0.5, 0.6) is 11.6 Å². The van der Waals surface area contributed by atoms with Crippen molar-refractivity contribution >= 4 is 11.6 Å². The van der Waals surface area contributed by atoms with E-state index in [4.69, 9.17) is 26.8 Å². The van der Waals surface area contributed by atoms with Gasteiger partial charge in [-0.05, 0) is 0 Å². The molecule has 0 saturated heterocycles. The molecule has 5 heteroatoms. The summed E-state index contributed by atoms with van der Waals surface area (Å²) < 4.78 is 9.97. The molecule has 0 aliphatic carbocycles. The molecule has 2 N–H and O–H groups in total. The predicted molar refractivity (Wildman–Crippen MR) is 50.2 cm³/mol. The van der Waals surface area contributed by atoms with Crippen LogP contribution < -0.4 is 15.2 Å². The molecule has 0 radical (unpaired) electrons. The van der Waals surface area contributed by atoms with E-state index in [0.717, 1.165) is 0 Å². The van der Waals surface area contributed by atoms with Gasteiger partial charge < -0.3 is 15.2 Å². The Bertz CT molecular complexity index is 304. The number of halogens is 1. The molecule has 1 aromatic rings. The van der Waals surface area contributed by atoms with Gasteiger partial charge in [-0.2, -0.15) is 0 Å². The first-order valence-electron chi connectivity index (χ1n) is 3.70. The summed E-state index contributed by atoms with van der Waals surface area (Å²) in [6, 6.07) is 1.63. The maximum atomic E-state index is 5.83. The van der Waals surface area contributed by atoms with E-state index in [1.807, 2.05) is 0 Å². The highest BCUT2D eigenvalue weighted by molar-refractivity contribution is 6.32. The maximum Gasteiger partial charge on any atom is 0.232 e. The lowest BCUT2D eigenvalue weighted by Crippen LogP contribution is -2.04. The molecule has 0 aliphatic rings. The van der Waals surface area contributed by atoms with Gasteiger partial charge in [0.1, 0.15) is 10.8 Å². The third-order valence-electron chi connectivity index (χ3n) is 1.59. The summed E-state index contributed by atoms with van der Waals surface area (Å²) in [5.41, 5.74) is 6.09. The van der Waals surface area contributed by atoms with Crippen molar-refractivity contribution in [1.29, 1.82) is 0 Å². The molecule has 0 unspecified atom stereocenters. The number of ether oxygens (including phenoxy) is 2. The zero-order valence-electron chi connectivity index (χ0n) is 7.50. The molecule has 0 fully saturated rings. The zero-order valence-corrected chi connectivity index (χ0v) is 8.26. The Morgan fingerprint density at radius 1 is 1.46 bits per heavy atom. The van der Waals surface area contributed by atoms with Gasteiger partial charge in [-0.1, -0.05) is 11.6 Å². The monoisotopic (exact) mass is 202 g/mol. The first-order valence-corrected chi connectivity index (χ1v) is 4.08. The van der Waals surface area contributed by atoms with Gasteiger partial charge in [0.2, 0.25) is 5.88 Å². The number of methoxy groups -OCH3 is 2. The quantitative estimate of drug-likeness (QED) is 0.801. The Kier molecular flexibility index (Phi) is 3.33. The van der Waals surface area contributed by atoms with Gasteiger partial charge in [0.05, 0.1) is 19.9 Å². The van der Waals surface area contributed by atoms with Crippen molar-refractivity contribution in [2.75, 3.05) is 14.2 Å². The van der Waals surface area contributed by atoms with E-state index in [0.29, 0.717) is 22.3 Å². The lowest BCUT2D eigenvalue weighted by molar-refractivity contribution is 0.382. The summed E-state index contributed by atoms with van der Waals surface area (Å²) in [5, 5.41) is 0.413. The first-order chi connectivity index (χ1) is 6.22. The molecule has 72 valence electrons. The summed E-state index contributed by atoms with van der Waals surface area (Å²) in [6.07, 6.45) is 0. The number of rotatable bonds is 3. The second kappa shape index (κ2) is 4.30. The number of pyridine rings is 1. The molecule has 1 heterocycles. The van der Waals surface area contributed by atoms with E-state index in [1.54, 1.807) is 13.2 Å². The van der Waals surface area contributed by atoms with Gasteiger partial charge in [-0.25, -0.2) is 4.98 Å². The molecule has 0 amide bonds. The standard InChI is InChI=1S/C8H11ClN2O2/c1-12-7-3-5(9)8(13-2)11-6(7)4-10/h3H,4,10H2,1-2H3. The van der Waals surface area contributed by atoms with Gasteiger partial charge in [0.25, 0.3) is 0 Å². The Morgan fingerprint density at radius 3 is 2.62 bits per heavy atom. The highest BCUT2D eigenvalue weighted by atomic mass is 35.5. The van der Waals surface area contributed by atoms with Crippen LogP contribution in [0.1, 0.15) is 5.69 Å². The molecule has 0 atom stereocenters. The van der Waals surface area contributed by atoms with Crippen molar-refractivity contribution in [2.45, 2.75) is 6.54 Å². The molecule has 1 rings (SSSR count). The summed E-state index contributed by atoms with van der Waals surface area (Å²) in [5.74, 6) is 0.941. The second-order valence-electron chi connectivity index (χ2n) is 2.33. The molecular weight excluding hydrogens is 192 g/mol. The van der Waals surface area contributed by atoms with Crippen molar-refractivity contribution < 1.29 is 9.47 Å². The van der Waals surface area contributed by atoms with E-state index in [-0.39, 0.29) is 6.54 Å². The molecule has 1 aromatic heterocycles. The van der Waals surface area contributed by atoms with Crippen molar-refractivity contribution in [1.82, 2.24) is 4.98 Å². The molecule has 0 bridgehead atoms. The Balaban J connectivity index is 3.18. The Morgan fingerprint density at radius 2 is 2.15 bits per heavy atom. The van der Waals surface area contributed by atoms with Crippen LogP contribution in [-0.4, -0.2) is 19.2 Å². The van der Waals surface area contributed by atoms with Gasteiger partial charge in [-0.15, -0.1) is 0 Å². The normalized spacial score (nSPS) is 9.85. The van der Waals surface area contributed by atoms with E-state index in [1.165, 1.54) is 7.11 Å². The minimum absolute atomic E-state index is 0.288. The predicted octanol–water partition coefficient (Wildman–Crippen LogP) is 1.21. The van der Waals surface area contributed by atoms with Crippen LogP contribution in [0.15, 0.2) is 6.07 Å². The number of nitrogens with zero attached hydrogens (tertiary/aromatic N) is 1. The lowest BCUT2D eigenvalue weighted by Gasteiger charge is -2.08. The lowest BCUT2D eigenvalue weighted by atomic mass is 10.3. The van der Waals surface area contributed by atoms with Crippen molar-refractivity contribution in [2.24, 2.45) is 5.73 Å². The van der Waals surface area contributed by atoms with Crippen LogP contribution in [0, 0.1) is 0 Å². The molecular formula is C8H11ClN2O2.